The van der Waals surface area contributed by atoms with Crippen LogP contribution in [-0.4, -0.2) is 19.0 Å². The van der Waals surface area contributed by atoms with Gasteiger partial charge in [0.05, 0.1) is 12.7 Å². The molecule has 0 fully saturated rings. The van der Waals surface area contributed by atoms with Gasteiger partial charge in [-0.3, -0.25) is 4.79 Å². The smallest absolute Gasteiger partial charge is 0.337 e. The van der Waals surface area contributed by atoms with E-state index in [4.69, 9.17) is 0 Å². The molecule has 4 heteroatoms. The fourth-order valence-corrected chi connectivity index (χ4v) is 2.23. The minimum atomic E-state index is -0.422. The van der Waals surface area contributed by atoms with Crippen LogP contribution in [0.3, 0.4) is 0 Å². The Labute approximate surface area is 130 Å². The van der Waals surface area contributed by atoms with Gasteiger partial charge in [0.1, 0.15) is 0 Å². The molecule has 2 rings (SSSR count). The summed E-state index contributed by atoms with van der Waals surface area (Å²) in [4.78, 5) is 23.6. The van der Waals surface area contributed by atoms with Crippen LogP contribution in [0.1, 0.15) is 35.2 Å². The first-order valence-electron chi connectivity index (χ1n) is 7.13. The zero-order valence-electron chi connectivity index (χ0n) is 12.7. The largest absolute Gasteiger partial charge is 0.465 e. The Kier molecular flexibility index (Phi) is 5.31. The summed E-state index contributed by atoms with van der Waals surface area (Å²) in [6.07, 6.45) is 0.381. The van der Waals surface area contributed by atoms with E-state index in [-0.39, 0.29) is 11.8 Å². The highest BCUT2D eigenvalue weighted by molar-refractivity contribution is 5.94. The van der Waals surface area contributed by atoms with Gasteiger partial charge < -0.3 is 10.1 Å². The van der Waals surface area contributed by atoms with Crippen LogP contribution < -0.4 is 5.32 Å². The van der Waals surface area contributed by atoms with Crippen LogP contribution in [0.25, 0.3) is 0 Å². The Morgan fingerprint density at radius 1 is 1.09 bits per heavy atom. The second-order valence-electron chi connectivity index (χ2n) is 5.14. The molecular weight excluding hydrogens is 278 g/mol. The monoisotopic (exact) mass is 297 g/mol. The summed E-state index contributed by atoms with van der Waals surface area (Å²) in [6, 6.07) is 16.6. The van der Waals surface area contributed by atoms with Crippen LogP contribution in [0.15, 0.2) is 54.6 Å². The molecule has 0 radical (unpaired) electrons. The summed E-state index contributed by atoms with van der Waals surface area (Å²) in [5.41, 5.74) is 2.13. The van der Waals surface area contributed by atoms with E-state index in [1.54, 1.807) is 24.3 Å². The predicted molar refractivity (Wildman–Crippen MR) is 85.9 cm³/mol. The molecule has 0 saturated carbocycles. The minimum Gasteiger partial charge on any atom is -0.465 e. The van der Waals surface area contributed by atoms with E-state index in [0.29, 0.717) is 17.7 Å². The number of methoxy groups -OCH3 is 1. The highest BCUT2D eigenvalue weighted by atomic mass is 16.5. The summed E-state index contributed by atoms with van der Waals surface area (Å²) in [6.45, 7) is 2.01. The van der Waals surface area contributed by atoms with Crippen molar-refractivity contribution >= 4 is 17.6 Å². The van der Waals surface area contributed by atoms with Crippen LogP contribution in [0, 0.1) is 0 Å². The van der Waals surface area contributed by atoms with Crippen molar-refractivity contribution in [2.45, 2.75) is 19.3 Å². The minimum absolute atomic E-state index is 0.0848. The van der Waals surface area contributed by atoms with E-state index in [9.17, 15) is 9.59 Å². The van der Waals surface area contributed by atoms with Crippen LogP contribution in [0.2, 0.25) is 0 Å². The quantitative estimate of drug-likeness (QED) is 0.858. The van der Waals surface area contributed by atoms with Gasteiger partial charge in [-0.25, -0.2) is 4.79 Å². The molecule has 1 N–H and O–H groups in total. The van der Waals surface area contributed by atoms with E-state index in [1.807, 2.05) is 37.3 Å². The molecule has 0 bridgehead atoms. The zero-order chi connectivity index (χ0) is 15.9. The number of rotatable bonds is 5. The summed E-state index contributed by atoms with van der Waals surface area (Å²) < 4.78 is 4.67. The predicted octanol–water partition coefficient (Wildman–Crippen LogP) is 3.61. The average Bonchev–Trinajstić information content (AvgIpc) is 2.55. The third-order valence-electron chi connectivity index (χ3n) is 3.43. The topological polar surface area (TPSA) is 55.4 Å². The first-order valence-corrected chi connectivity index (χ1v) is 7.13. The van der Waals surface area contributed by atoms with Crippen molar-refractivity contribution < 1.29 is 14.3 Å². The maximum absolute atomic E-state index is 12.1. The molecule has 2 aromatic carbocycles. The summed E-state index contributed by atoms with van der Waals surface area (Å²) in [5.74, 6) is -0.378. The van der Waals surface area contributed by atoms with Gasteiger partial charge in [-0.05, 0) is 29.7 Å². The summed E-state index contributed by atoms with van der Waals surface area (Å²) in [7, 11) is 1.33. The van der Waals surface area contributed by atoms with Crippen LogP contribution in [-0.2, 0) is 9.53 Å². The van der Waals surface area contributed by atoms with Crippen molar-refractivity contribution in [1.82, 2.24) is 0 Å². The van der Waals surface area contributed by atoms with E-state index < -0.39 is 5.97 Å². The van der Waals surface area contributed by atoms with Crippen molar-refractivity contribution in [3.8, 4) is 0 Å². The van der Waals surface area contributed by atoms with Gasteiger partial charge in [0.25, 0.3) is 0 Å². The van der Waals surface area contributed by atoms with Gasteiger partial charge in [0.15, 0.2) is 0 Å². The Morgan fingerprint density at radius 3 is 2.50 bits per heavy atom. The molecule has 0 heterocycles. The van der Waals surface area contributed by atoms with Gasteiger partial charge in [-0.1, -0.05) is 43.3 Å². The highest BCUT2D eigenvalue weighted by Gasteiger charge is 2.12. The molecule has 0 unspecified atom stereocenters. The van der Waals surface area contributed by atoms with Crippen LogP contribution in [0.4, 0.5) is 5.69 Å². The van der Waals surface area contributed by atoms with Gasteiger partial charge in [-0.2, -0.15) is 0 Å². The molecule has 2 aromatic rings. The number of hydrogen-bond donors (Lipinski definition) is 1. The summed E-state index contributed by atoms with van der Waals surface area (Å²) in [5, 5.41) is 2.82. The third kappa shape index (κ3) is 4.19. The molecule has 0 saturated heterocycles. The molecular formula is C18H19NO3. The lowest BCUT2D eigenvalue weighted by atomic mass is 9.97. The molecule has 0 aliphatic heterocycles. The molecule has 4 nitrogen and oxygen atoms in total. The van der Waals surface area contributed by atoms with Crippen molar-refractivity contribution in [2.75, 3.05) is 12.4 Å². The van der Waals surface area contributed by atoms with E-state index in [2.05, 4.69) is 10.1 Å². The van der Waals surface area contributed by atoms with Crippen LogP contribution in [0.5, 0.6) is 0 Å². The molecule has 0 aromatic heterocycles. The Hall–Kier alpha value is -2.62. The van der Waals surface area contributed by atoms with Gasteiger partial charge in [0.2, 0.25) is 5.91 Å². The Morgan fingerprint density at radius 2 is 1.82 bits per heavy atom. The first-order chi connectivity index (χ1) is 10.6. The van der Waals surface area contributed by atoms with Gasteiger partial charge >= 0.3 is 5.97 Å². The van der Waals surface area contributed by atoms with Gasteiger partial charge in [0, 0.05) is 12.1 Å². The fourth-order valence-electron chi connectivity index (χ4n) is 2.23. The normalized spacial score (nSPS) is 11.5. The molecule has 0 aliphatic rings. The highest BCUT2D eigenvalue weighted by Crippen LogP contribution is 2.19. The SMILES string of the molecule is COC(=O)c1cccc(NC(=O)C[C@@H](C)c2ccccc2)c1. The number of carbonyl (C=O) groups is 2. The third-order valence-corrected chi connectivity index (χ3v) is 3.43. The van der Waals surface area contributed by atoms with Gasteiger partial charge in [-0.15, -0.1) is 0 Å². The molecule has 0 aliphatic carbocycles. The van der Waals surface area contributed by atoms with Crippen molar-refractivity contribution in [2.24, 2.45) is 0 Å². The lowest BCUT2D eigenvalue weighted by molar-refractivity contribution is -0.116. The first kappa shape index (κ1) is 15.8. The number of benzene rings is 2. The Balaban J connectivity index is 1.99. The van der Waals surface area contributed by atoms with E-state index in [0.717, 1.165) is 5.56 Å². The zero-order valence-corrected chi connectivity index (χ0v) is 12.7. The maximum atomic E-state index is 12.1. The van der Waals surface area contributed by atoms with Crippen molar-refractivity contribution in [1.29, 1.82) is 0 Å². The number of ether oxygens (including phenoxy) is 1. The fraction of sp³-hybridized carbons (Fsp3) is 0.222. The number of esters is 1. The van der Waals surface area contributed by atoms with E-state index >= 15 is 0 Å². The second kappa shape index (κ2) is 7.41. The maximum Gasteiger partial charge on any atom is 0.337 e. The molecule has 0 spiro atoms. The lowest BCUT2D eigenvalue weighted by Crippen LogP contribution is -2.15. The van der Waals surface area contributed by atoms with Crippen LogP contribution >= 0.6 is 0 Å². The second-order valence-corrected chi connectivity index (χ2v) is 5.14. The number of nitrogens with one attached hydrogen (secondary N) is 1. The molecule has 1 atom stereocenters. The lowest BCUT2D eigenvalue weighted by Gasteiger charge is -2.12. The molecule has 114 valence electrons. The average molecular weight is 297 g/mol. The van der Waals surface area contributed by atoms with Crippen molar-refractivity contribution in [3.05, 3.63) is 65.7 Å². The number of anilines is 1. The molecule has 22 heavy (non-hydrogen) atoms. The Bertz CT molecular complexity index is 652. The molecule has 1 amide bonds. The standard InChI is InChI=1S/C18H19NO3/c1-13(14-7-4-3-5-8-14)11-17(20)19-16-10-6-9-15(12-16)18(21)22-2/h3-10,12-13H,11H2,1-2H3,(H,19,20)/t13-/m1/s1. The number of hydrogen-bond acceptors (Lipinski definition) is 3. The number of carbonyl (C=O) groups excluding carboxylic acids is 2. The summed E-state index contributed by atoms with van der Waals surface area (Å²) >= 11 is 0. The van der Waals surface area contributed by atoms with E-state index in [1.165, 1.54) is 7.11 Å². The van der Waals surface area contributed by atoms with Crippen molar-refractivity contribution in [3.63, 3.8) is 0 Å². The number of amides is 1.